The van der Waals surface area contributed by atoms with Crippen LogP contribution in [0.5, 0.6) is 0 Å². The molecule has 27 heavy (non-hydrogen) atoms. The van der Waals surface area contributed by atoms with Crippen LogP contribution in [0, 0.1) is 5.92 Å². The molecular formula is C22H25N3O2. The number of carbonyl (C=O) groups is 1. The lowest BCUT2D eigenvalue weighted by Crippen LogP contribution is -2.31. The number of likely N-dealkylation sites (tertiary alicyclic amines) is 1. The maximum absolute atomic E-state index is 13.2. The molecule has 1 aliphatic carbocycles. The lowest BCUT2D eigenvalue weighted by Gasteiger charge is -2.23. The molecule has 0 unspecified atom stereocenters. The number of benzene rings is 1. The van der Waals surface area contributed by atoms with Gasteiger partial charge in [-0.1, -0.05) is 37.3 Å². The van der Waals surface area contributed by atoms with Crippen LogP contribution < -0.4 is 5.69 Å². The van der Waals surface area contributed by atoms with Crippen LogP contribution in [0.1, 0.15) is 43.6 Å². The van der Waals surface area contributed by atoms with E-state index in [0.717, 1.165) is 54.0 Å². The number of fused-ring (bicyclic) bond motifs is 1. The second kappa shape index (κ2) is 7.06. The Morgan fingerprint density at radius 2 is 1.85 bits per heavy atom. The molecule has 0 spiro atoms. The number of hydrogen-bond acceptors (Lipinski definition) is 2. The number of aromatic amines is 1. The van der Waals surface area contributed by atoms with Gasteiger partial charge in [0.15, 0.2) is 0 Å². The quantitative estimate of drug-likeness (QED) is 0.909. The number of hydrogen-bond donors (Lipinski definition) is 1. The van der Waals surface area contributed by atoms with E-state index < -0.39 is 0 Å². The zero-order valence-electron chi connectivity index (χ0n) is 15.9. The molecule has 5 heteroatoms. The number of nitrogens with one attached hydrogen (secondary N) is 1. The van der Waals surface area contributed by atoms with Gasteiger partial charge in [0.2, 0.25) is 5.91 Å². The summed E-state index contributed by atoms with van der Waals surface area (Å²) in [6.07, 6.45) is 6.07. The van der Waals surface area contributed by atoms with Gasteiger partial charge in [0.25, 0.3) is 0 Å². The highest BCUT2D eigenvalue weighted by Gasteiger charge is 2.30. The SMILES string of the molecule is CCn1c2c([nH]c1=O)C=C(C(=O)N1CCCC1)[C@H](C)C(c1ccccc1)=C2. The Kier molecular flexibility index (Phi) is 4.60. The number of H-pyrrole nitrogens is 1. The number of rotatable bonds is 3. The summed E-state index contributed by atoms with van der Waals surface area (Å²) in [7, 11) is 0. The van der Waals surface area contributed by atoms with Crippen molar-refractivity contribution in [2.45, 2.75) is 33.2 Å². The van der Waals surface area contributed by atoms with E-state index in [9.17, 15) is 9.59 Å². The van der Waals surface area contributed by atoms with Crippen molar-refractivity contribution in [3.05, 3.63) is 63.3 Å². The molecule has 1 saturated heterocycles. The van der Waals surface area contributed by atoms with Crippen molar-refractivity contribution >= 4 is 23.6 Å². The summed E-state index contributed by atoms with van der Waals surface area (Å²) >= 11 is 0. The van der Waals surface area contributed by atoms with E-state index in [0.29, 0.717) is 6.54 Å². The molecular weight excluding hydrogens is 338 g/mol. The number of carbonyl (C=O) groups excluding carboxylic acids is 1. The van der Waals surface area contributed by atoms with Gasteiger partial charge >= 0.3 is 5.69 Å². The molecule has 1 aromatic heterocycles. The van der Waals surface area contributed by atoms with Crippen LogP contribution in [0.25, 0.3) is 17.7 Å². The topological polar surface area (TPSA) is 58.1 Å². The summed E-state index contributed by atoms with van der Waals surface area (Å²) in [6, 6.07) is 10.1. The minimum Gasteiger partial charge on any atom is -0.339 e. The Morgan fingerprint density at radius 3 is 2.52 bits per heavy atom. The third kappa shape index (κ3) is 3.07. The van der Waals surface area contributed by atoms with Crippen LogP contribution in [0.2, 0.25) is 0 Å². The van der Waals surface area contributed by atoms with Crippen LogP contribution in [0.4, 0.5) is 0 Å². The maximum atomic E-state index is 13.2. The first-order chi connectivity index (χ1) is 13.1. The molecule has 1 fully saturated rings. The molecule has 1 N–H and O–H groups in total. The first-order valence-corrected chi connectivity index (χ1v) is 9.70. The van der Waals surface area contributed by atoms with Gasteiger partial charge in [-0.2, -0.15) is 0 Å². The van der Waals surface area contributed by atoms with E-state index in [-0.39, 0.29) is 17.5 Å². The van der Waals surface area contributed by atoms with Gasteiger partial charge in [0.05, 0.1) is 11.4 Å². The van der Waals surface area contributed by atoms with Crippen LogP contribution in [0.15, 0.2) is 40.7 Å². The van der Waals surface area contributed by atoms with Crippen molar-refractivity contribution in [1.82, 2.24) is 14.5 Å². The first-order valence-electron chi connectivity index (χ1n) is 9.70. The predicted octanol–water partition coefficient (Wildman–Crippen LogP) is 3.39. The number of allylic oxidation sites excluding steroid dienone is 1. The van der Waals surface area contributed by atoms with E-state index in [1.807, 2.05) is 36.1 Å². The van der Waals surface area contributed by atoms with Crippen molar-refractivity contribution in [3.8, 4) is 0 Å². The van der Waals surface area contributed by atoms with E-state index >= 15 is 0 Å². The second-order valence-corrected chi connectivity index (χ2v) is 7.26. The van der Waals surface area contributed by atoms with Gasteiger partial charge in [-0.3, -0.25) is 9.36 Å². The Hall–Kier alpha value is -2.82. The lowest BCUT2D eigenvalue weighted by molar-refractivity contribution is -0.126. The predicted molar refractivity (Wildman–Crippen MR) is 108 cm³/mol. The fourth-order valence-electron chi connectivity index (χ4n) is 4.12. The third-order valence-electron chi connectivity index (χ3n) is 5.64. The van der Waals surface area contributed by atoms with E-state index in [1.165, 1.54) is 0 Å². The molecule has 4 rings (SSSR count). The average molecular weight is 363 g/mol. The normalized spacial score (nSPS) is 19.3. The van der Waals surface area contributed by atoms with Crippen LogP contribution >= 0.6 is 0 Å². The minimum atomic E-state index is -0.134. The molecule has 1 atom stereocenters. The average Bonchev–Trinajstić information content (AvgIpc) is 3.29. The zero-order chi connectivity index (χ0) is 19.0. The van der Waals surface area contributed by atoms with Gasteiger partial charge in [0.1, 0.15) is 0 Å². The van der Waals surface area contributed by atoms with Crippen LogP contribution in [-0.2, 0) is 11.3 Å². The van der Waals surface area contributed by atoms with Gasteiger partial charge < -0.3 is 9.88 Å². The standard InChI is InChI=1S/C22H25N3O2/c1-3-25-20-14-17(16-9-5-4-6-10-16)15(2)18(13-19(20)23-22(25)27)21(26)24-11-7-8-12-24/h4-6,9-10,13-15H,3,7-8,11-12H2,1-2H3,(H,23,27)/t15-/m1/s1. The summed E-state index contributed by atoms with van der Waals surface area (Å²) in [5.41, 5.74) is 4.32. The monoisotopic (exact) mass is 363 g/mol. The molecule has 0 saturated carbocycles. The van der Waals surface area contributed by atoms with Gasteiger partial charge in [0, 0.05) is 31.1 Å². The fraction of sp³-hybridized carbons (Fsp3) is 0.364. The highest BCUT2D eigenvalue weighted by molar-refractivity contribution is 6.04. The molecule has 1 aromatic carbocycles. The van der Waals surface area contributed by atoms with Crippen LogP contribution in [0.3, 0.4) is 0 Å². The smallest absolute Gasteiger partial charge is 0.326 e. The molecule has 1 aliphatic heterocycles. The summed E-state index contributed by atoms with van der Waals surface area (Å²) in [6.45, 7) is 6.25. The number of amides is 1. The van der Waals surface area contributed by atoms with Crippen molar-refractivity contribution < 1.29 is 4.79 Å². The number of nitrogens with zero attached hydrogens (tertiary/aromatic N) is 2. The van der Waals surface area contributed by atoms with Gasteiger partial charge in [-0.15, -0.1) is 0 Å². The molecule has 2 aromatic rings. The highest BCUT2D eigenvalue weighted by atomic mass is 16.2. The highest BCUT2D eigenvalue weighted by Crippen LogP contribution is 2.36. The Labute approximate surface area is 159 Å². The fourth-order valence-corrected chi connectivity index (χ4v) is 4.12. The van der Waals surface area contributed by atoms with Crippen molar-refractivity contribution in [1.29, 1.82) is 0 Å². The summed E-state index contributed by atoms with van der Waals surface area (Å²) in [4.78, 5) is 30.5. The lowest BCUT2D eigenvalue weighted by atomic mass is 9.87. The first kappa shape index (κ1) is 17.6. The molecule has 2 aliphatic rings. The summed E-state index contributed by atoms with van der Waals surface area (Å²) < 4.78 is 1.73. The van der Waals surface area contributed by atoms with Crippen LogP contribution in [-0.4, -0.2) is 33.4 Å². The Balaban J connectivity index is 1.89. The van der Waals surface area contributed by atoms with Gasteiger partial charge in [-0.25, -0.2) is 4.79 Å². The maximum Gasteiger partial charge on any atom is 0.326 e. The molecule has 2 heterocycles. The van der Waals surface area contributed by atoms with Crippen molar-refractivity contribution in [3.63, 3.8) is 0 Å². The Bertz CT molecular complexity index is 973. The third-order valence-corrected chi connectivity index (χ3v) is 5.64. The number of imidazole rings is 1. The van der Waals surface area contributed by atoms with Gasteiger partial charge in [-0.05, 0) is 43.1 Å². The van der Waals surface area contributed by atoms with E-state index in [1.54, 1.807) is 4.57 Å². The molecule has 0 radical (unpaired) electrons. The molecule has 140 valence electrons. The van der Waals surface area contributed by atoms with E-state index in [2.05, 4.69) is 30.1 Å². The van der Waals surface area contributed by atoms with E-state index in [4.69, 9.17) is 0 Å². The largest absolute Gasteiger partial charge is 0.339 e. The second-order valence-electron chi connectivity index (χ2n) is 7.26. The van der Waals surface area contributed by atoms with Crippen molar-refractivity contribution in [2.75, 3.05) is 13.1 Å². The summed E-state index contributed by atoms with van der Waals surface area (Å²) in [5, 5.41) is 0. The zero-order valence-corrected chi connectivity index (χ0v) is 15.9. The minimum absolute atomic E-state index is 0.0540. The Morgan fingerprint density at radius 1 is 1.15 bits per heavy atom. The summed E-state index contributed by atoms with van der Waals surface area (Å²) in [5.74, 6) is 0.0292. The molecule has 5 nitrogen and oxygen atoms in total. The number of aromatic nitrogens is 2. The molecule has 0 bridgehead atoms. The van der Waals surface area contributed by atoms with Crippen molar-refractivity contribution in [2.24, 2.45) is 5.92 Å². The molecule has 1 amide bonds.